The summed E-state index contributed by atoms with van der Waals surface area (Å²) in [4.78, 5) is 10.0. The normalized spacial score (nSPS) is 9.70. The largest absolute Gasteiger partial charge is 0.475 e. The van der Waals surface area contributed by atoms with Gasteiger partial charge in [0.05, 0.1) is 6.26 Å². The Bertz CT molecular complexity index is 158. The molecule has 0 aliphatic rings. The lowest BCUT2D eigenvalue weighted by molar-refractivity contribution is -0.135. The van der Waals surface area contributed by atoms with Crippen LogP contribution in [0, 0.1) is 0 Å². The van der Waals surface area contributed by atoms with Crippen LogP contribution in [0.2, 0.25) is 0 Å². The van der Waals surface area contributed by atoms with Crippen LogP contribution in [0.4, 0.5) is 0 Å². The molecule has 0 bridgehead atoms. The number of carbonyl (C=O) groups is 1. The molecule has 0 rings (SSSR count). The highest BCUT2D eigenvalue weighted by molar-refractivity contribution is 5.83. The Kier molecular flexibility index (Phi) is 4.04. The number of allylic oxidation sites excluding steroid dienone is 1. The van der Waals surface area contributed by atoms with E-state index in [2.05, 4.69) is 11.3 Å². The van der Waals surface area contributed by atoms with E-state index in [1.165, 1.54) is 6.26 Å². The molecular formula is C7H10O3. The van der Waals surface area contributed by atoms with Gasteiger partial charge in [0, 0.05) is 0 Å². The monoisotopic (exact) mass is 142 g/mol. The molecule has 0 radical (unpaired) electrons. The van der Waals surface area contributed by atoms with E-state index in [1.807, 2.05) is 6.92 Å². The number of carboxylic acid groups (broad SMARTS) is 1. The van der Waals surface area contributed by atoms with E-state index < -0.39 is 5.97 Å². The molecule has 0 aliphatic carbocycles. The first kappa shape index (κ1) is 8.75. The molecule has 0 aromatic heterocycles. The summed E-state index contributed by atoms with van der Waals surface area (Å²) >= 11 is 0. The van der Waals surface area contributed by atoms with Gasteiger partial charge in [-0.15, -0.1) is 0 Å². The van der Waals surface area contributed by atoms with Gasteiger partial charge in [-0.3, -0.25) is 0 Å². The number of carboxylic acids is 1. The average molecular weight is 142 g/mol. The number of ether oxygens (including phenoxy) is 1. The van der Waals surface area contributed by atoms with Crippen molar-refractivity contribution in [3.05, 3.63) is 24.7 Å². The summed E-state index contributed by atoms with van der Waals surface area (Å²) in [6.45, 7) is 5.07. The molecule has 0 saturated carbocycles. The lowest BCUT2D eigenvalue weighted by atomic mass is 10.5. The molecule has 0 aliphatic heterocycles. The van der Waals surface area contributed by atoms with E-state index in [4.69, 9.17) is 5.11 Å². The maximum atomic E-state index is 10.0. The Balaban J connectivity index is 3.60. The van der Waals surface area contributed by atoms with Gasteiger partial charge >= 0.3 is 5.97 Å². The molecule has 10 heavy (non-hydrogen) atoms. The fraction of sp³-hybridized carbons (Fsp3) is 0.286. The zero-order valence-electron chi connectivity index (χ0n) is 5.83. The van der Waals surface area contributed by atoms with Gasteiger partial charge in [-0.2, -0.15) is 0 Å². The molecule has 1 N–H and O–H groups in total. The number of aliphatic carboxylic acids is 1. The first-order valence-electron chi connectivity index (χ1n) is 2.92. The number of rotatable bonds is 4. The Labute approximate surface area is 59.6 Å². The highest BCUT2D eigenvalue weighted by Gasteiger charge is 2.00. The van der Waals surface area contributed by atoms with Gasteiger partial charge in [0.2, 0.25) is 5.76 Å². The molecule has 0 aromatic rings. The third-order valence-corrected chi connectivity index (χ3v) is 0.781. The standard InChI is InChI=1S/C7H10O3/c1-3-4-5-10-6(2)7(8)9/h4-5H,2-3H2,1H3,(H,8,9). The maximum Gasteiger partial charge on any atom is 0.371 e. The minimum absolute atomic E-state index is 0.260. The van der Waals surface area contributed by atoms with Gasteiger partial charge in [0.25, 0.3) is 0 Å². The molecule has 0 heterocycles. The van der Waals surface area contributed by atoms with Crippen LogP contribution in [0.1, 0.15) is 13.3 Å². The Hall–Kier alpha value is -1.25. The van der Waals surface area contributed by atoms with E-state index in [-0.39, 0.29) is 5.76 Å². The van der Waals surface area contributed by atoms with Gasteiger partial charge in [0.1, 0.15) is 0 Å². The van der Waals surface area contributed by atoms with Crippen LogP contribution in [0.3, 0.4) is 0 Å². The molecule has 0 amide bonds. The molecule has 0 spiro atoms. The summed E-state index contributed by atoms with van der Waals surface area (Å²) in [6, 6.07) is 0. The second kappa shape index (κ2) is 4.61. The first-order valence-corrected chi connectivity index (χ1v) is 2.92. The minimum atomic E-state index is -1.14. The van der Waals surface area contributed by atoms with Crippen LogP contribution in [0.25, 0.3) is 0 Å². The summed E-state index contributed by atoms with van der Waals surface area (Å²) < 4.78 is 4.57. The van der Waals surface area contributed by atoms with Crippen molar-refractivity contribution in [3.8, 4) is 0 Å². The summed E-state index contributed by atoms with van der Waals surface area (Å²) in [5.41, 5.74) is 0. The Morgan fingerprint density at radius 1 is 1.80 bits per heavy atom. The second-order valence-electron chi connectivity index (χ2n) is 1.63. The lowest BCUT2D eigenvalue weighted by Crippen LogP contribution is -1.99. The van der Waals surface area contributed by atoms with E-state index in [1.54, 1.807) is 6.08 Å². The van der Waals surface area contributed by atoms with Crippen molar-refractivity contribution in [1.29, 1.82) is 0 Å². The van der Waals surface area contributed by atoms with E-state index >= 15 is 0 Å². The molecule has 0 aromatic carbocycles. The Morgan fingerprint density at radius 2 is 2.40 bits per heavy atom. The maximum absolute atomic E-state index is 10.0. The highest BCUT2D eigenvalue weighted by Crippen LogP contribution is 1.93. The van der Waals surface area contributed by atoms with Gasteiger partial charge in [-0.1, -0.05) is 6.92 Å². The van der Waals surface area contributed by atoms with Gasteiger partial charge < -0.3 is 9.84 Å². The van der Waals surface area contributed by atoms with E-state index in [0.717, 1.165) is 6.42 Å². The third kappa shape index (κ3) is 3.72. The minimum Gasteiger partial charge on any atom is -0.475 e. The van der Waals surface area contributed by atoms with Crippen molar-refractivity contribution in [2.45, 2.75) is 13.3 Å². The fourth-order valence-corrected chi connectivity index (χ4v) is 0.277. The van der Waals surface area contributed by atoms with Crippen molar-refractivity contribution in [2.75, 3.05) is 0 Å². The van der Waals surface area contributed by atoms with Gasteiger partial charge in [0.15, 0.2) is 0 Å². The second-order valence-corrected chi connectivity index (χ2v) is 1.63. The predicted octanol–water partition coefficient (Wildman–Crippen LogP) is 1.52. The SMILES string of the molecule is C=C(OC=CCC)C(=O)O. The van der Waals surface area contributed by atoms with Crippen molar-refractivity contribution in [2.24, 2.45) is 0 Å². The first-order chi connectivity index (χ1) is 4.68. The van der Waals surface area contributed by atoms with E-state index in [0.29, 0.717) is 0 Å². The van der Waals surface area contributed by atoms with Crippen LogP contribution in [0.5, 0.6) is 0 Å². The predicted molar refractivity (Wildman–Crippen MR) is 37.3 cm³/mol. The average Bonchev–Trinajstić information content (AvgIpc) is 1.88. The lowest BCUT2D eigenvalue weighted by Gasteiger charge is -1.95. The number of hydrogen-bond donors (Lipinski definition) is 1. The quantitative estimate of drug-likeness (QED) is 0.478. The van der Waals surface area contributed by atoms with Crippen molar-refractivity contribution >= 4 is 5.97 Å². The van der Waals surface area contributed by atoms with Gasteiger partial charge in [-0.25, -0.2) is 4.79 Å². The van der Waals surface area contributed by atoms with Crippen LogP contribution in [0.15, 0.2) is 24.7 Å². The molecule has 0 saturated heterocycles. The number of hydrogen-bond acceptors (Lipinski definition) is 2. The smallest absolute Gasteiger partial charge is 0.371 e. The zero-order valence-corrected chi connectivity index (χ0v) is 5.83. The molecule has 0 fully saturated rings. The van der Waals surface area contributed by atoms with Crippen LogP contribution < -0.4 is 0 Å². The molecule has 56 valence electrons. The highest BCUT2D eigenvalue weighted by atomic mass is 16.5. The molecule has 0 unspecified atom stereocenters. The molecular weight excluding hydrogens is 132 g/mol. The zero-order chi connectivity index (χ0) is 7.98. The Morgan fingerprint density at radius 3 is 2.80 bits per heavy atom. The third-order valence-electron chi connectivity index (χ3n) is 0.781. The van der Waals surface area contributed by atoms with Crippen LogP contribution in [-0.4, -0.2) is 11.1 Å². The topological polar surface area (TPSA) is 46.5 Å². The molecule has 0 atom stereocenters. The molecule has 3 nitrogen and oxygen atoms in total. The van der Waals surface area contributed by atoms with Crippen molar-refractivity contribution in [1.82, 2.24) is 0 Å². The van der Waals surface area contributed by atoms with Crippen molar-refractivity contribution in [3.63, 3.8) is 0 Å². The summed E-state index contributed by atoms with van der Waals surface area (Å²) in [5.74, 6) is -1.40. The summed E-state index contributed by atoms with van der Waals surface area (Å²) in [5, 5.41) is 8.22. The van der Waals surface area contributed by atoms with Crippen LogP contribution in [-0.2, 0) is 9.53 Å². The van der Waals surface area contributed by atoms with Gasteiger partial charge in [-0.05, 0) is 19.1 Å². The molecule has 3 heteroatoms. The van der Waals surface area contributed by atoms with Crippen molar-refractivity contribution < 1.29 is 14.6 Å². The van der Waals surface area contributed by atoms with E-state index in [9.17, 15) is 4.79 Å². The summed E-state index contributed by atoms with van der Waals surface area (Å²) in [7, 11) is 0. The summed E-state index contributed by atoms with van der Waals surface area (Å²) in [6.07, 6.45) is 3.83. The van der Waals surface area contributed by atoms with Crippen LogP contribution >= 0.6 is 0 Å². The fourth-order valence-electron chi connectivity index (χ4n) is 0.277.